The van der Waals surface area contributed by atoms with Gasteiger partial charge >= 0.3 is 0 Å². The van der Waals surface area contributed by atoms with E-state index in [9.17, 15) is 18.0 Å². The molecule has 0 bridgehead atoms. The lowest BCUT2D eigenvalue weighted by molar-refractivity contribution is -0.139. The topological polar surface area (TPSA) is 96.0 Å². The number of amides is 2. The van der Waals surface area contributed by atoms with Crippen molar-refractivity contribution in [2.24, 2.45) is 0 Å². The highest BCUT2D eigenvalue weighted by atomic mass is 32.2. The van der Waals surface area contributed by atoms with E-state index in [2.05, 4.69) is 5.32 Å². The van der Waals surface area contributed by atoms with Gasteiger partial charge in [0, 0.05) is 20.0 Å². The number of carbonyl (C=O) groups excluding carboxylic acids is 2. The molecule has 0 spiro atoms. The van der Waals surface area contributed by atoms with Crippen LogP contribution < -0.4 is 14.4 Å². The highest BCUT2D eigenvalue weighted by Gasteiger charge is 2.34. The Hall–Kier alpha value is -4.63. The van der Waals surface area contributed by atoms with Crippen LogP contribution in [0.25, 0.3) is 0 Å². The van der Waals surface area contributed by atoms with Crippen LogP contribution in [0, 0.1) is 0 Å². The zero-order chi connectivity index (χ0) is 30.0. The van der Waals surface area contributed by atoms with Crippen molar-refractivity contribution in [3.63, 3.8) is 0 Å². The Labute approximate surface area is 247 Å². The summed E-state index contributed by atoms with van der Waals surface area (Å²) >= 11 is 0. The number of hydrogen-bond donors (Lipinski definition) is 1. The maximum absolute atomic E-state index is 14.2. The fourth-order valence-corrected chi connectivity index (χ4v) is 6.04. The number of likely N-dealkylation sites (N-methyl/N-ethyl adjacent to an activating group) is 1. The Morgan fingerprint density at radius 1 is 0.786 bits per heavy atom. The molecule has 0 saturated heterocycles. The summed E-state index contributed by atoms with van der Waals surface area (Å²) in [5.74, 6) is -0.312. The molecule has 8 nitrogen and oxygen atoms in total. The molecule has 0 fully saturated rings. The third-order valence-electron chi connectivity index (χ3n) is 6.76. The molecule has 0 saturated carbocycles. The Bertz CT molecular complexity index is 1550. The molecule has 1 N–H and O–H groups in total. The molecule has 0 heterocycles. The standard InChI is InChI=1S/C33H35N3O5S/c1-3-41-29-19-21-30(22-20-29)42(39,40)36(28-17-11-6-12-18-28)25-32(37)35(24-27-15-9-5-10-16-27)31(33(38)34-2)23-26-13-7-4-8-14-26/h4-22,31H,3,23-25H2,1-2H3,(H,34,38). The van der Waals surface area contributed by atoms with Gasteiger partial charge < -0.3 is 15.0 Å². The van der Waals surface area contributed by atoms with Crippen LogP contribution in [0.1, 0.15) is 18.1 Å². The molecular formula is C33H35N3O5S. The average molecular weight is 586 g/mol. The van der Waals surface area contributed by atoms with E-state index in [1.54, 1.807) is 42.5 Å². The quantitative estimate of drug-likeness (QED) is 0.246. The second-order valence-electron chi connectivity index (χ2n) is 9.58. The molecule has 0 aromatic heterocycles. The zero-order valence-corrected chi connectivity index (χ0v) is 24.5. The highest BCUT2D eigenvalue weighted by molar-refractivity contribution is 7.92. The molecular weight excluding hydrogens is 550 g/mol. The van der Waals surface area contributed by atoms with Crippen LogP contribution in [0.4, 0.5) is 5.69 Å². The largest absolute Gasteiger partial charge is 0.494 e. The molecule has 9 heteroatoms. The van der Waals surface area contributed by atoms with Gasteiger partial charge in [-0.1, -0.05) is 78.9 Å². The lowest BCUT2D eigenvalue weighted by Crippen LogP contribution is -2.53. The number of para-hydroxylation sites is 1. The SMILES string of the molecule is CCOc1ccc(S(=O)(=O)N(CC(=O)N(Cc2ccccc2)C(Cc2ccccc2)C(=O)NC)c2ccccc2)cc1. The average Bonchev–Trinajstić information content (AvgIpc) is 3.03. The van der Waals surface area contributed by atoms with Crippen LogP contribution in [-0.4, -0.2) is 51.4 Å². The molecule has 0 radical (unpaired) electrons. The number of nitrogens with zero attached hydrogens (tertiary/aromatic N) is 2. The summed E-state index contributed by atoms with van der Waals surface area (Å²) in [5.41, 5.74) is 2.02. The van der Waals surface area contributed by atoms with Crippen molar-refractivity contribution in [2.45, 2.75) is 30.8 Å². The highest BCUT2D eigenvalue weighted by Crippen LogP contribution is 2.26. The Morgan fingerprint density at radius 2 is 1.33 bits per heavy atom. The van der Waals surface area contributed by atoms with E-state index < -0.39 is 28.5 Å². The molecule has 0 aliphatic carbocycles. The van der Waals surface area contributed by atoms with Crippen LogP contribution in [0.5, 0.6) is 5.75 Å². The van der Waals surface area contributed by atoms with E-state index in [0.717, 1.165) is 15.4 Å². The number of hydrogen-bond acceptors (Lipinski definition) is 5. The van der Waals surface area contributed by atoms with Gasteiger partial charge in [0.05, 0.1) is 17.2 Å². The first-order chi connectivity index (χ1) is 20.3. The first-order valence-corrected chi connectivity index (χ1v) is 15.2. The second kappa shape index (κ2) is 14.3. The normalized spacial score (nSPS) is 11.8. The molecule has 4 aromatic carbocycles. The van der Waals surface area contributed by atoms with Gasteiger partial charge in [0.25, 0.3) is 10.0 Å². The van der Waals surface area contributed by atoms with Crippen molar-refractivity contribution < 1.29 is 22.7 Å². The third kappa shape index (κ3) is 7.55. The van der Waals surface area contributed by atoms with Crippen LogP contribution in [0.3, 0.4) is 0 Å². The van der Waals surface area contributed by atoms with Crippen LogP contribution in [0.15, 0.2) is 120 Å². The molecule has 218 valence electrons. The van der Waals surface area contributed by atoms with Gasteiger partial charge in [0.2, 0.25) is 11.8 Å². The van der Waals surface area contributed by atoms with E-state index in [4.69, 9.17) is 4.74 Å². The summed E-state index contributed by atoms with van der Waals surface area (Å²) in [6.45, 7) is 1.91. The molecule has 0 aliphatic heterocycles. The smallest absolute Gasteiger partial charge is 0.264 e. The van der Waals surface area contributed by atoms with Gasteiger partial charge in [-0.25, -0.2) is 8.42 Å². The molecule has 2 amide bonds. The number of rotatable bonds is 13. The van der Waals surface area contributed by atoms with Crippen molar-refractivity contribution in [1.82, 2.24) is 10.2 Å². The van der Waals surface area contributed by atoms with E-state index in [-0.39, 0.29) is 23.8 Å². The summed E-state index contributed by atoms with van der Waals surface area (Å²) in [4.78, 5) is 29.0. The van der Waals surface area contributed by atoms with Crippen molar-refractivity contribution >= 4 is 27.5 Å². The molecule has 1 atom stereocenters. The monoisotopic (exact) mass is 585 g/mol. The van der Waals surface area contributed by atoms with Gasteiger partial charge in [-0.15, -0.1) is 0 Å². The van der Waals surface area contributed by atoms with Crippen molar-refractivity contribution in [3.05, 3.63) is 126 Å². The predicted octanol–water partition coefficient (Wildman–Crippen LogP) is 4.67. The van der Waals surface area contributed by atoms with Crippen molar-refractivity contribution in [3.8, 4) is 5.75 Å². The zero-order valence-electron chi connectivity index (χ0n) is 23.7. The fourth-order valence-electron chi connectivity index (χ4n) is 4.63. The first kappa shape index (κ1) is 30.3. The number of carbonyl (C=O) groups is 2. The second-order valence-corrected chi connectivity index (χ2v) is 11.4. The van der Waals surface area contributed by atoms with Gasteiger partial charge in [-0.3, -0.25) is 13.9 Å². The fraction of sp³-hybridized carbons (Fsp3) is 0.212. The lowest BCUT2D eigenvalue weighted by Gasteiger charge is -2.33. The maximum atomic E-state index is 14.2. The predicted molar refractivity (Wildman–Crippen MR) is 164 cm³/mol. The van der Waals surface area contributed by atoms with Gasteiger partial charge in [-0.05, 0) is 54.4 Å². The number of nitrogens with one attached hydrogen (secondary N) is 1. The number of benzene rings is 4. The Balaban J connectivity index is 1.74. The van der Waals surface area contributed by atoms with E-state index in [1.807, 2.05) is 67.6 Å². The van der Waals surface area contributed by atoms with Crippen LogP contribution >= 0.6 is 0 Å². The minimum absolute atomic E-state index is 0.0179. The number of ether oxygens (including phenoxy) is 1. The summed E-state index contributed by atoms with van der Waals surface area (Å²) in [5, 5.41) is 2.69. The van der Waals surface area contributed by atoms with E-state index in [1.165, 1.54) is 24.1 Å². The van der Waals surface area contributed by atoms with Gasteiger partial charge in [0.15, 0.2) is 0 Å². The molecule has 4 rings (SSSR count). The summed E-state index contributed by atoms with van der Waals surface area (Å²) in [6, 6.07) is 32.5. The summed E-state index contributed by atoms with van der Waals surface area (Å²) in [6.07, 6.45) is 0.260. The van der Waals surface area contributed by atoms with Crippen LogP contribution in [-0.2, 0) is 32.6 Å². The van der Waals surface area contributed by atoms with Crippen molar-refractivity contribution in [2.75, 3.05) is 24.5 Å². The lowest BCUT2D eigenvalue weighted by atomic mass is 10.0. The molecule has 42 heavy (non-hydrogen) atoms. The summed E-state index contributed by atoms with van der Waals surface area (Å²) in [7, 11) is -2.64. The third-order valence-corrected chi connectivity index (χ3v) is 8.55. The Morgan fingerprint density at radius 3 is 1.88 bits per heavy atom. The molecule has 4 aromatic rings. The number of anilines is 1. The molecule has 1 unspecified atom stereocenters. The maximum Gasteiger partial charge on any atom is 0.264 e. The van der Waals surface area contributed by atoms with Crippen LogP contribution in [0.2, 0.25) is 0 Å². The van der Waals surface area contributed by atoms with Gasteiger partial charge in [0.1, 0.15) is 18.3 Å². The Kier molecular flexibility index (Phi) is 10.3. The van der Waals surface area contributed by atoms with Crippen molar-refractivity contribution in [1.29, 1.82) is 0 Å². The molecule has 0 aliphatic rings. The number of sulfonamides is 1. The van der Waals surface area contributed by atoms with Gasteiger partial charge in [-0.2, -0.15) is 0 Å². The summed E-state index contributed by atoms with van der Waals surface area (Å²) < 4.78 is 34.6. The van der Waals surface area contributed by atoms with E-state index >= 15 is 0 Å². The minimum Gasteiger partial charge on any atom is -0.494 e. The first-order valence-electron chi connectivity index (χ1n) is 13.7. The minimum atomic E-state index is -4.17. The van der Waals surface area contributed by atoms with E-state index in [0.29, 0.717) is 18.0 Å².